The van der Waals surface area contributed by atoms with Crippen LogP contribution < -0.4 is 5.32 Å². The molecule has 0 saturated carbocycles. The van der Waals surface area contributed by atoms with Crippen molar-refractivity contribution in [2.24, 2.45) is 7.05 Å². The third-order valence-electron chi connectivity index (χ3n) is 2.68. The highest BCUT2D eigenvalue weighted by molar-refractivity contribution is 14.1. The monoisotopic (exact) mass is 342 g/mol. The number of halogens is 1. The first-order valence-electron chi connectivity index (χ1n) is 5.47. The molecule has 1 aromatic heterocycles. The Hall–Kier alpha value is -0.950. The lowest BCUT2D eigenvalue weighted by Crippen LogP contribution is -2.19. The van der Waals surface area contributed by atoms with Gasteiger partial charge < -0.3 is 5.32 Å². The molecule has 90 valence electrons. The molecule has 0 aliphatic rings. The molecule has 0 fully saturated rings. The van der Waals surface area contributed by atoms with Crippen molar-refractivity contribution in [2.75, 3.05) is 7.05 Å². The molecule has 2 aromatic rings. The van der Waals surface area contributed by atoms with Gasteiger partial charge in [0.2, 0.25) is 0 Å². The smallest absolute Gasteiger partial charge is 0.0845 e. The van der Waals surface area contributed by atoms with Gasteiger partial charge in [-0.15, -0.1) is 5.10 Å². The van der Waals surface area contributed by atoms with Crippen LogP contribution in [0.15, 0.2) is 30.5 Å². The van der Waals surface area contributed by atoms with Crippen LogP contribution in [0.3, 0.4) is 0 Å². The van der Waals surface area contributed by atoms with Crippen LogP contribution in [-0.2, 0) is 13.5 Å². The minimum atomic E-state index is 0.281. The van der Waals surface area contributed by atoms with Crippen molar-refractivity contribution in [1.29, 1.82) is 0 Å². The zero-order valence-corrected chi connectivity index (χ0v) is 12.0. The first-order valence-corrected chi connectivity index (χ1v) is 6.55. The molecule has 0 amide bonds. The fraction of sp³-hybridized carbons (Fsp3) is 0.333. The molecule has 17 heavy (non-hydrogen) atoms. The molecule has 0 aliphatic heterocycles. The van der Waals surface area contributed by atoms with Gasteiger partial charge in [-0.05, 0) is 47.3 Å². The molecule has 0 bridgehead atoms. The second-order valence-electron chi connectivity index (χ2n) is 3.98. The largest absolute Gasteiger partial charge is 0.313 e. The highest BCUT2D eigenvalue weighted by Crippen LogP contribution is 2.18. The molecule has 0 saturated heterocycles. The summed E-state index contributed by atoms with van der Waals surface area (Å²) in [7, 11) is 3.86. The van der Waals surface area contributed by atoms with Gasteiger partial charge in [0.1, 0.15) is 0 Å². The number of aromatic nitrogens is 3. The normalized spacial score (nSPS) is 12.6. The van der Waals surface area contributed by atoms with Gasteiger partial charge in [-0.3, -0.25) is 4.68 Å². The standard InChI is InChI=1S/C12H15IN4/c1-14-12(7-11-8-17(2)16-15-11)9-3-5-10(13)6-4-9/h3-6,8,12,14H,7H2,1-2H3. The number of rotatable bonds is 4. The van der Waals surface area contributed by atoms with E-state index in [1.807, 2.05) is 20.3 Å². The highest BCUT2D eigenvalue weighted by atomic mass is 127. The molecule has 1 aromatic carbocycles. The third kappa shape index (κ3) is 3.26. The Labute approximate surface area is 115 Å². The van der Waals surface area contributed by atoms with Crippen molar-refractivity contribution in [3.8, 4) is 0 Å². The van der Waals surface area contributed by atoms with Crippen LogP contribution in [0, 0.1) is 3.57 Å². The van der Waals surface area contributed by atoms with Crippen LogP contribution in [0.25, 0.3) is 0 Å². The van der Waals surface area contributed by atoms with Crippen LogP contribution in [0.4, 0.5) is 0 Å². The molecule has 1 heterocycles. The summed E-state index contributed by atoms with van der Waals surface area (Å²) in [6, 6.07) is 8.83. The Bertz CT molecular complexity index is 478. The fourth-order valence-electron chi connectivity index (χ4n) is 1.78. The molecule has 2 rings (SSSR count). The molecular formula is C12H15IN4. The first-order chi connectivity index (χ1) is 8.19. The summed E-state index contributed by atoms with van der Waals surface area (Å²) in [5.74, 6) is 0. The molecule has 1 unspecified atom stereocenters. The van der Waals surface area contributed by atoms with E-state index in [1.165, 1.54) is 9.13 Å². The van der Waals surface area contributed by atoms with Crippen LogP contribution in [-0.4, -0.2) is 22.0 Å². The molecule has 5 heteroatoms. The second-order valence-corrected chi connectivity index (χ2v) is 5.23. The van der Waals surface area contributed by atoms with E-state index in [9.17, 15) is 0 Å². The molecule has 0 radical (unpaired) electrons. The van der Waals surface area contributed by atoms with Crippen LogP contribution in [0.5, 0.6) is 0 Å². The predicted octanol–water partition coefficient (Wildman–Crippen LogP) is 1.92. The fourth-order valence-corrected chi connectivity index (χ4v) is 2.14. The molecule has 0 spiro atoms. The zero-order chi connectivity index (χ0) is 12.3. The van der Waals surface area contributed by atoms with Gasteiger partial charge in [0.25, 0.3) is 0 Å². The summed E-state index contributed by atoms with van der Waals surface area (Å²) < 4.78 is 2.98. The summed E-state index contributed by atoms with van der Waals surface area (Å²) in [6.45, 7) is 0. The van der Waals surface area contributed by atoms with Gasteiger partial charge in [0.05, 0.1) is 5.69 Å². The summed E-state index contributed by atoms with van der Waals surface area (Å²) in [6.07, 6.45) is 2.81. The van der Waals surface area contributed by atoms with E-state index in [1.54, 1.807) is 4.68 Å². The maximum atomic E-state index is 4.12. The van der Waals surface area contributed by atoms with E-state index in [0.29, 0.717) is 0 Å². The zero-order valence-electron chi connectivity index (χ0n) is 9.89. The van der Waals surface area contributed by atoms with E-state index < -0.39 is 0 Å². The first kappa shape index (κ1) is 12.5. The Morgan fingerprint density at radius 1 is 1.35 bits per heavy atom. The van der Waals surface area contributed by atoms with Crippen molar-refractivity contribution >= 4 is 22.6 Å². The van der Waals surface area contributed by atoms with Gasteiger partial charge >= 0.3 is 0 Å². The number of likely N-dealkylation sites (N-methyl/N-ethyl adjacent to an activating group) is 1. The van der Waals surface area contributed by atoms with Gasteiger partial charge in [-0.2, -0.15) is 0 Å². The highest BCUT2D eigenvalue weighted by Gasteiger charge is 2.11. The average molecular weight is 342 g/mol. The lowest BCUT2D eigenvalue weighted by molar-refractivity contribution is 0.583. The molecule has 1 N–H and O–H groups in total. The van der Waals surface area contributed by atoms with E-state index in [4.69, 9.17) is 0 Å². The quantitative estimate of drug-likeness (QED) is 0.864. The van der Waals surface area contributed by atoms with E-state index in [-0.39, 0.29) is 6.04 Å². The van der Waals surface area contributed by atoms with Gasteiger partial charge in [-0.25, -0.2) is 0 Å². The van der Waals surface area contributed by atoms with Crippen LogP contribution >= 0.6 is 22.6 Å². The van der Waals surface area contributed by atoms with Gasteiger partial charge in [0.15, 0.2) is 0 Å². The maximum absolute atomic E-state index is 4.12. The summed E-state index contributed by atoms with van der Waals surface area (Å²) >= 11 is 2.31. The third-order valence-corrected chi connectivity index (χ3v) is 3.40. The lowest BCUT2D eigenvalue weighted by atomic mass is 10.0. The Morgan fingerprint density at radius 3 is 2.59 bits per heavy atom. The number of nitrogens with one attached hydrogen (secondary N) is 1. The molecule has 1 atom stereocenters. The second kappa shape index (κ2) is 5.59. The maximum Gasteiger partial charge on any atom is 0.0845 e. The van der Waals surface area contributed by atoms with Gasteiger partial charge in [0, 0.05) is 29.3 Å². The molecule has 4 nitrogen and oxygen atoms in total. The molecule has 0 aliphatic carbocycles. The number of hydrogen-bond acceptors (Lipinski definition) is 3. The van der Waals surface area contributed by atoms with Crippen molar-refractivity contribution in [1.82, 2.24) is 20.3 Å². The van der Waals surface area contributed by atoms with Crippen molar-refractivity contribution in [2.45, 2.75) is 12.5 Å². The number of benzene rings is 1. The number of nitrogens with zero attached hydrogens (tertiary/aromatic N) is 3. The lowest BCUT2D eigenvalue weighted by Gasteiger charge is -2.15. The minimum absolute atomic E-state index is 0.281. The summed E-state index contributed by atoms with van der Waals surface area (Å²) in [5.41, 5.74) is 2.28. The van der Waals surface area contributed by atoms with Crippen LogP contribution in [0.1, 0.15) is 17.3 Å². The SMILES string of the molecule is CNC(Cc1cn(C)nn1)c1ccc(I)cc1. The number of aryl methyl sites for hydroxylation is 1. The minimum Gasteiger partial charge on any atom is -0.313 e. The Kier molecular flexibility index (Phi) is 4.11. The van der Waals surface area contributed by atoms with E-state index in [0.717, 1.165) is 12.1 Å². The van der Waals surface area contributed by atoms with Gasteiger partial charge in [-0.1, -0.05) is 17.3 Å². The summed E-state index contributed by atoms with van der Waals surface area (Å²) in [4.78, 5) is 0. The molecular weight excluding hydrogens is 327 g/mol. The Morgan fingerprint density at radius 2 is 2.06 bits per heavy atom. The van der Waals surface area contributed by atoms with Crippen LogP contribution in [0.2, 0.25) is 0 Å². The van der Waals surface area contributed by atoms with E-state index in [2.05, 4.69) is 62.5 Å². The van der Waals surface area contributed by atoms with Crippen molar-refractivity contribution < 1.29 is 0 Å². The topological polar surface area (TPSA) is 42.7 Å². The van der Waals surface area contributed by atoms with Crippen molar-refractivity contribution in [3.05, 3.63) is 45.3 Å². The van der Waals surface area contributed by atoms with Crippen molar-refractivity contribution in [3.63, 3.8) is 0 Å². The number of hydrogen-bond donors (Lipinski definition) is 1. The Balaban J connectivity index is 2.13. The summed E-state index contributed by atoms with van der Waals surface area (Å²) in [5, 5.41) is 11.4. The predicted molar refractivity (Wildman–Crippen MR) is 75.7 cm³/mol. The van der Waals surface area contributed by atoms with E-state index >= 15 is 0 Å². The average Bonchev–Trinajstić information content (AvgIpc) is 2.73.